The predicted octanol–water partition coefficient (Wildman–Crippen LogP) is 2.52. The Kier molecular flexibility index (Phi) is 15.0. The largest absolute Gasteiger partial charge is 0.491 e. The smallest absolute Gasteiger partial charge is 0.221 e. The fraction of sp³-hybridized carbons (Fsp3) is 0.667. The molecule has 166 valence electrons. The van der Waals surface area contributed by atoms with Gasteiger partial charge in [0.25, 0.3) is 0 Å². The molecule has 0 fully saturated rings. The summed E-state index contributed by atoms with van der Waals surface area (Å²) in [6.45, 7) is 10.8. The molecule has 29 heavy (non-hydrogen) atoms. The van der Waals surface area contributed by atoms with E-state index in [0.29, 0.717) is 66.1 Å². The lowest BCUT2D eigenvalue weighted by Crippen LogP contribution is -2.15. The molecule has 8 heteroatoms. The number of ether oxygens (including phenoxy) is 6. The van der Waals surface area contributed by atoms with Crippen LogP contribution in [-0.2, 0) is 28.5 Å². The number of hydrogen-bond acceptors (Lipinski definition) is 7. The molecule has 0 atom stereocenters. The number of carbonyl (C=O) groups excluding carboxylic acids is 1. The summed E-state index contributed by atoms with van der Waals surface area (Å²) >= 11 is 0. The van der Waals surface area contributed by atoms with Crippen LogP contribution < -0.4 is 10.1 Å². The van der Waals surface area contributed by atoms with Crippen LogP contribution in [0.15, 0.2) is 24.3 Å². The van der Waals surface area contributed by atoms with Crippen molar-refractivity contribution in [3.63, 3.8) is 0 Å². The summed E-state index contributed by atoms with van der Waals surface area (Å²) in [5.41, 5.74) is 0.742. The van der Waals surface area contributed by atoms with E-state index in [9.17, 15) is 4.79 Å². The van der Waals surface area contributed by atoms with Gasteiger partial charge in [-0.05, 0) is 38.1 Å². The highest BCUT2D eigenvalue weighted by Crippen LogP contribution is 2.15. The minimum Gasteiger partial charge on any atom is -0.491 e. The molecular weight excluding hydrogens is 378 g/mol. The van der Waals surface area contributed by atoms with Gasteiger partial charge < -0.3 is 33.7 Å². The number of hydrogen-bond donors (Lipinski definition) is 1. The van der Waals surface area contributed by atoms with Gasteiger partial charge in [0.05, 0.1) is 65.6 Å². The first-order valence-electron chi connectivity index (χ1n) is 10.0. The van der Waals surface area contributed by atoms with Crippen molar-refractivity contribution < 1.29 is 33.2 Å². The maximum absolute atomic E-state index is 11.0. The second-order valence-corrected chi connectivity index (χ2v) is 6.42. The summed E-state index contributed by atoms with van der Waals surface area (Å²) in [4.78, 5) is 11.0. The van der Waals surface area contributed by atoms with E-state index >= 15 is 0 Å². The standard InChI is InChI=1S/C21H35NO7/c1-18(2)28-16-14-26-12-10-24-8-9-25-11-13-27-15-17-29-21-6-4-20(5-7-21)22-19(3)23/h4-7,18H,8-17H2,1-3H3,(H,22,23). The molecule has 0 aliphatic carbocycles. The highest BCUT2D eigenvalue weighted by Gasteiger charge is 1.98. The molecule has 0 radical (unpaired) electrons. The summed E-state index contributed by atoms with van der Waals surface area (Å²) in [6, 6.07) is 7.19. The lowest BCUT2D eigenvalue weighted by atomic mass is 10.3. The third-order valence-electron chi connectivity index (χ3n) is 3.47. The number of nitrogens with one attached hydrogen (secondary N) is 1. The van der Waals surface area contributed by atoms with Crippen LogP contribution >= 0.6 is 0 Å². The van der Waals surface area contributed by atoms with E-state index in [-0.39, 0.29) is 12.0 Å². The van der Waals surface area contributed by atoms with E-state index in [4.69, 9.17) is 28.4 Å². The molecule has 0 unspecified atom stereocenters. The lowest BCUT2D eigenvalue weighted by molar-refractivity contribution is -0.114. The summed E-state index contributed by atoms with van der Waals surface area (Å²) in [7, 11) is 0. The second kappa shape index (κ2) is 17.2. The Morgan fingerprint density at radius 2 is 1.21 bits per heavy atom. The van der Waals surface area contributed by atoms with E-state index in [1.165, 1.54) is 6.92 Å². The summed E-state index contributed by atoms with van der Waals surface area (Å²) in [5.74, 6) is 0.630. The molecule has 0 aliphatic rings. The molecule has 0 aromatic heterocycles. The fourth-order valence-corrected chi connectivity index (χ4v) is 2.16. The Balaban J connectivity index is 1.82. The Morgan fingerprint density at radius 3 is 1.66 bits per heavy atom. The van der Waals surface area contributed by atoms with Crippen molar-refractivity contribution in [2.24, 2.45) is 0 Å². The minimum atomic E-state index is -0.0991. The second-order valence-electron chi connectivity index (χ2n) is 6.42. The topological polar surface area (TPSA) is 84.5 Å². The van der Waals surface area contributed by atoms with Crippen LogP contribution in [0.3, 0.4) is 0 Å². The van der Waals surface area contributed by atoms with Crippen LogP contribution in [0, 0.1) is 0 Å². The maximum atomic E-state index is 11.0. The normalized spacial score (nSPS) is 11.0. The monoisotopic (exact) mass is 413 g/mol. The first-order valence-corrected chi connectivity index (χ1v) is 10.0. The molecule has 1 amide bonds. The van der Waals surface area contributed by atoms with Gasteiger partial charge in [-0.3, -0.25) is 4.79 Å². The zero-order valence-corrected chi connectivity index (χ0v) is 17.8. The number of amides is 1. The average molecular weight is 414 g/mol. The molecule has 0 saturated carbocycles. The Labute approximate surface area is 173 Å². The SMILES string of the molecule is CC(=O)Nc1ccc(OCCOCCOCCOCCOCCOC(C)C)cc1. The maximum Gasteiger partial charge on any atom is 0.221 e. The predicted molar refractivity (Wildman–Crippen MR) is 111 cm³/mol. The number of benzene rings is 1. The van der Waals surface area contributed by atoms with Gasteiger partial charge in [-0.15, -0.1) is 0 Å². The van der Waals surface area contributed by atoms with Crippen molar-refractivity contribution in [2.75, 3.05) is 71.4 Å². The molecule has 1 N–H and O–H groups in total. The van der Waals surface area contributed by atoms with Gasteiger partial charge in [-0.2, -0.15) is 0 Å². The van der Waals surface area contributed by atoms with Gasteiger partial charge in [0.2, 0.25) is 5.91 Å². The number of rotatable bonds is 18. The van der Waals surface area contributed by atoms with Crippen molar-refractivity contribution in [1.29, 1.82) is 0 Å². The molecule has 8 nitrogen and oxygen atoms in total. The Morgan fingerprint density at radius 1 is 0.759 bits per heavy atom. The van der Waals surface area contributed by atoms with Crippen LogP contribution in [-0.4, -0.2) is 78.1 Å². The van der Waals surface area contributed by atoms with Gasteiger partial charge in [0.1, 0.15) is 12.4 Å². The summed E-state index contributed by atoms with van der Waals surface area (Å²) < 4.78 is 32.6. The van der Waals surface area contributed by atoms with Crippen molar-refractivity contribution in [1.82, 2.24) is 0 Å². The highest BCUT2D eigenvalue weighted by molar-refractivity contribution is 5.88. The van der Waals surface area contributed by atoms with Gasteiger partial charge in [-0.25, -0.2) is 0 Å². The molecular formula is C21H35NO7. The third-order valence-corrected chi connectivity index (χ3v) is 3.47. The van der Waals surface area contributed by atoms with E-state index in [0.717, 1.165) is 11.4 Å². The summed E-state index contributed by atoms with van der Waals surface area (Å²) in [6.07, 6.45) is 0.234. The first kappa shape index (κ1) is 25.3. The van der Waals surface area contributed by atoms with Gasteiger partial charge in [-0.1, -0.05) is 0 Å². The first-order chi connectivity index (χ1) is 14.1. The van der Waals surface area contributed by atoms with Crippen molar-refractivity contribution in [3.8, 4) is 5.75 Å². The van der Waals surface area contributed by atoms with Crippen LogP contribution in [0.4, 0.5) is 5.69 Å². The van der Waals surface area contributed by atoms with Gasteiger partial charge >= 0.3 is 0 Å². The van der Waals surface area contributed by atoms with Crippen LogP contribution in [0.1, 0.15) is 20.8 Å². The Bertz CT molecular complexity index is 522. The molecule has 1 aromatic carbocycles. The van der Waals surface area contributed by atoms with Crippen molar-refractivity contribution in [2.45, 2.75) is 26.9 Å². The van der Waals surface area contributed by atoms with Crippen LogP contribution in [0.25, 0.3) is 0 Å². The van der Waals surface area contributed by atoms with Gasteiger partial charge in [0.15, 0.2) is 0 Å². The number of carbonyl (C=O) groups is 1. The zero-order chi connectivity index (χ0) is 21.2. The number of anilines is 1. The molecule has 0 saturated heterocycles. The average Bonchev–Trinajstić information content (AvgIpc) is 2.68. The highest BCUT2D eigenvalue weighted by atomic mass is 16.6. The van der Waals surface area contributed by atoms with E-state index in [2.05, 4.69) is 5.32 Å². The van der Waals surface area contributed by atoms with Crippen LogP contribution in [0.5, 0.6) is 5.75 Å². The molecule has 0 bridgehead atoms. The Hall–Kier alpha value is -1.71. The lowest BCUT2D eigenvalue weighted by Gasteiger charge is -2.09. The molecule has 1 rings (SSSR count). The molecule has 1 aromatic rings. The van der Waals surface area contributed by atoms with E-state index in [1.54, 1.807) is 24.3 Å². The molecule has 0 heterocycles. The minimum absolute atomic E-state index is 0.0991. The van der Waals surface area contributed by atoms with Crippen molar-refractivity contribution in [3.05, 3.63) is 24.3 Å². The van der Waals surface area contributed by atoms with Crippen molar-refractivity contribution >= 4 is 11.6 Å². The third kappa shape index (κ3) is 15.8. The van der Waals surface area contributed by atoms with Crippen LogP contribution in [0.2, 0.25) is 0 Å². The fourth-order valence-electron chi connectivity index (χ4n) is 2.16. The molecule has 0 spiro atoms. The zero-order valence-electron chi connectivity index (χ0n) is 17.8. The van der Waals surface area contributed by atoms with Gasteiger partial charge in [0, 0.05) is 12.6 Å². The van der Waals surface area contributed by atoms with E-state index < -0.39 is 0 Å². The van der Waals surface area contributed by atoms with E-state index in [1.807, 2.05) is 13.8 Å². The quantitative estimate of drug-likeness (QED) is 0.370. The summed E-state index contributed by atoms with van der Waals surface area (Å²) in [5, 5.41) is 2.70. The molecule has 0 aliphatic heterocycles.